The van der Waals surface area contributed by atoms with Crippen LogP contribution in [0.1, 0.15) is 11.6 Å². The fraction of sp³-hybridized carbons (Fsp3) is 0.400. The first kappa shape index (κ1) is 10.2. The molecule has 0 saturated carbocycles. The lowest BCUT2D eigenvalue weighted by atomic mass is 10.1. The average Bonchev–Trinajstić information content (AvgIpc) is 2.04. The van der Waals surface area contributed by atoms with Gasteiger partial charge in [0, 0.05) is 12.6 Å². The van der Waals surface area contributed by atoms with Crippen LogP contribution < -0.4 is 5.73 Å². The maximum Gasteiger partial charge on any atom is 0.123 e. The molecule has 0 heterocycles. The molecule has 0 aliphatic rings. The fourth-order valence-electron chi connectivity index (χ4n) is 1.36. The zero-order chi connectivity index (χ0) is 9.84. The largest absolute Gasteiger partial charge is 0.329 e. The van der Waals surface area contributed by atoms with E-state index in [1.807, 2.05) is 25.1 Å². The number of hydrogen-bond acceptors (Lipinski definition) is 2. The van der Waals surface area contributed by atoms with Crippen molar-refractivity contribution >= 4 is 0 Å². The number of halogens is 1. The molecule has 0 bridgehead atoms. The van der Waals surface area contributed by atoms with Crippen LogP contribution in [0.4, 0.5) is 4.39 Å². The molecule has 1 aromatic rings. The van der Waals surface area contributed by atoms with Crippen LogP contribution in [0.2, 0.25) is 0 Å². The molecule has 0 radical (unpaired) electrons. The Bertz CT molecular complexity index is 273. The zero-order valence-electron chi connectivity index (χ0n) is 8.00. The molecule has 1 atom stereocenters. The van der Waals surface area contributed by atoms with E-state index in [9.17, 15) is 4.39 Å². The molecule has 72 valence electrons. The molecule has 0 spiro atoms. The summed E-state index contributed by atoms with van der Waals surface area (Å²) < 4.78 is 12.9. The smallest absolute Gasteiger partial charge is 0.123 e. The predicted molar refractivity (Wildman–Crippen MR) is 51.9 cm³/mol. The highest BCUT2D eigenvalue weighted by molar-refractivity contribution is 5.20. The summed E-state index contributed by atoms with van der Waals surface area (Å²) in [6.07, 6.45) is 0. The van der Waals surface area contributed by atoms with Crippen molar-refractivity contribution in [2.24, 2.45) is 5.73 Å². The molecule has 0 aromatic heterocycles. The summed E-state index contributed by atoms with van der Waals surface area (Å²) in [6, 6.07) is 6.65. The highest BCUT2D eigenvalue weighted by Crippen LogP contribution is 2.17. The van der Waals surface area contributed by atoms with E-state index >= 15 is 0 Å². The molecule has 13 heavy (non-hydrogen) atoms. The van der Waals surface area contributed by atoms with E-state index in [4.69, 9.17) is 5.73 Å². The highest BCUT2D eigenvalue weighted by atomic mass is 19.1. The van der Waals surface area contributed by atoms with Gasteiger partial charge in [0.25, 0.3) is 0 Å². The van der Waals surface area contributed by atoms with Gasteiger partial charge in [-0.05, 0) is 31.8 Å². The molecule has 1 unspecified atom stereocenters. The van der Waals surface area contributed by atoms with E-state index in [1.54, 1.807) is 6.07 Å². The molecule has 2 nitrogen and oxygen atoms in total. The van der Waals surface area contributed by atoms with Crippen LogP contribution in [0, 0.1) is 5.82 Å². The zero-order valence-corrected chi connectivity index (χ0v) is 8.00. The summed E-state index contributed by atoms with van der Waals surface area (Å²) in [7, 11) is 3.87. The van der Waals surface area contributed by atoms with Gasteiger partial charge in [-0.3, -0.25) is 0 Å². The molecule has 2 N–H and O–H groups in total. The lowest BCUT2D eigenvalue weighted by Crippen LogP contribution is -2.27. The van der Waals surface area contributed by atoms with E-state index in [-0.39, 0.29) is 11.9 Å². The van der Waals surface area contributed by atoms with Crippen molar-refractivity contribution in [3.05, 3.63) is 35.6 Å². The number of benzene rings is 1. The summed E-state index contributed by atoms with van der Waals surface area (Å²) >= 11 is 0. The van der Waals surface area contributed by atoms with Gasteiger partial charge in [0.05, 0.1) is 0 Å². The van der Waals surface area contributed by atoms with Crippen molar-refractivity contribution < 1.29 is 4.39 Å². The van der Waals surface area contributed by atoms with Gasteiger partial charge in [0.15, 0.2) is 0 Å². The Labute approximate surface area is 78.2 Å². The molecular formula is C10H15FN2. The summed E-state index contributed by atoms with van der Waals surface area (Å²) in [5.41, 5.74) is 6.52. The molecule has 0 fully saturated rings. The second-order valence-corrected chi connectivity index (χ2v) is 3.27. The number of likely N-dealkylation sites (N-methyl/N-ethyl adjacent to an activating group) is 1. The molecular weight excluding hydrogens is 167 g/mol. The summed E-state index contributed by atoms with van der Waals surface area (Å²) in [5, 5.41) is 0. The number of nitrogens with two attached hydrogens (primary N) is 1. The predicted octanol–water partition coefficient (Wildman–Crippen LogP) is 1.39. The first-order valence-corrected chi connectivity index (χ1v) is 4.27. The Morgan fingerprint density at radius 2 is 2.15 bits per heavy atom. The molecule has 1 aromatic carbocycles. The lowest BCUT2D eigenvalue weighted by molar-refractivity contribution is 0.305. The first-order valence-electron chi connectivity index (χ1n) is 4.27. The molecule has 0 saturated heterocycles. The normalized spacial score (nSPS) is 13.3. The molecule has 1 rings (SSSR count). The Morgan fingerprint density at radius 1 is 1.46 bits per heavy atom. The van der Waals surface area contributed by atoms with Crippen LogP contribution in [0.25, 0.3) is 0 Å². The fourth-order valence-corrected chi connectivity index (χ4v) is 1.36. The van der Waals surface area contributed by atoms with Crippen molar-refractivity contribution in [1.29, 1.82) is 0 Å². The lowest BCUT2D eigenvalue weighted by Gasteiger charge is -2.22. The maximum absolute atomic E-state index is 12.9. The van der Waals surface area contributed by atoms with E-state index in [1.165, 1.54) is 12.1 Å². The van der Waals surface area contributed by atoms with E-state index in [0.29, 0.717) is 6.54 Å². The van der Waals surface area contributed by atoms with Gasteiger partial charge in [0.1, 0.15) is 5.82 Å². The number of nitrogens with zero attached hydrogens (tertiary/aromatic N) is 1. The third-order valence-corrected chi connectivity index (χ3v) is 2.08. The van der Waals surface area contributed by atoms with Crippen LogP contribution >= 0.6 is 0 Å². The van der Waals surface area contributed by atoms with Crippen molar-refractivity contribution in [3.63, 3.8) is 0 Å². The monoisotopic (exact) mass is 182 g/mol. The molecule has 0 aliphatic heterocycles. The van der Waals surface area contributed by atoms with Crippen molar-refractivity contribution in [1.82, 2.24) is 4.90 Å². The standard InChI is InChI=1S/C10H15FN2/c1-13(2)10(7-12)8-4-3-5-9(11)6-8/h3-6,10H,7,12H2,1-2H3. The summed E-state index contributed by atoms with van der Waals surface area (Å²) in [4.78, 5) is 1.98. The van der Waals surface area contributed by atoms with Crippen molar-refractivity contribution in [2.75, 3.05) is 20.6 Å². The quantitative estimate of drug-likeness (QED) is 0.765. The number of hydrogen-bond donors (Lipinski definition) is 1. The van der Waals surface area contributed by atoms with Crippen LogP contribution in [0.5, 0.6) is 0 Å². The van der Waals surface area contributed by atoms with E-state index in [2.05, 4.69) is 0 Å². The van der Waals surface area contributed by atoms with E-state index < -0.39 is 0 Å². The van der Waals surface area contributed by atoms with Crippen LogP contribution in [0.15, 0.2) is 24.3 Å². The highest BCUT2D eigenvalue weighted by Gasteiger charge is 2.11. The second-order valence-electron chi connectivity index (χ2n) is 3.27. The van der Waals surface area contributed by atoms with Gasteiger partial charge >= 0.3 is 0 Å². The van der Waals surface area contributed by atoms with Crippen LogP contribution in [-0.4, -0.2) is 25.5 Å². The van der Waals surface area contributed by atoms with Gasteiger partial charge in [0.2, 0.25) is 0 Å². The molecule has 3 heteroatoms. The Hall–Kier alpha value is -0.930. The van der Waals surface area contributed by atoms with E-state index in [0.717, 1.165) is 5.56 Å². The van der Waals surface area contributed by atoms with Gasteiger partial charge < -0.3 is 10.6 Å². The van der Waals surface area contributed by atoms with Gasteiger partial charge in [-0.1, -0.05) is 12.1 Å². The van der Waals surface area contributed by atoms with Crippen molar-refractivity contribution in [3.8, 4) is 0 Å². The Balaban J connectivity index is 2.91. The van der Waals surface area contributed by atoms with Crippen LogP contribution in [-0.2, 0) is 0 Å². The number of rotatable bonds is 3. The summed E-state index contributed by atoms with van der Waals surface area (Å²) in [5.74, 6) is -0.210. The van der Waals surface area contributed by atoms with Gasteiger partial charge in [-0.2, -0.15) is 0 Å². The third kappa shape index (κ3) is 2.50. The van der Waals surface area contributed by atoms with Gasteiger partial charge in [-0.15, -0.1) is 0 Å². The van der Waals surface area contributed by atoms with Crippen molar-refractivity contribution in [2.45, 2.75) is 6.04 Å². The third-order valence-electron chi connectivity index (χ3n) is 2.08. The van der Waals surface area contributed by atoms with Gasteiger partial charge in [-0.25, -0.2) is 4.39 Å². The average molecular weight is 182 g/mol. The van der Waals surface area contributed by atoms with Crippen LogP contribution in [0.3, 0.4) is 0 Å². The Kier molecular flexibility index (Phi) is 3.39. The topological polar surface area (TPSA) is 29.3 Å². The maximum atomic E-state index is 12.9. The Morgan fingerprint density at radius 3 is 2.62 bits per heavy atom. The molecule has 0 amide bonds. The second kappa shape index (κ2) is 4.35. The SMILES string of the molecule is CN(C)C(CN)c1cccc(F)c1. The molecule has 0 aliphatic carbocycles. The minimum atomic E-state index is -0.210. The minimum Gasteiger partial charge on any atom is -0.329 e. The minimum absolute atomic E-state index is 0.0932. The first-order chi connectivity index (χ1) is 6.15. The summed E-state index contributed by atoms with van der Waals surface area (Å²) in [6.45, 7) is 0.496.